The maximum Gasteiger partial charge on any atom is 0.414 e. The third-order valence-corrected chi connectivity index (χ3v) is 2.36. The standard InChI is InChI=1S/C12H18F3NO2/c1-8(2)16-5-10-4-11(18-6-10)7-17-9(3)12(13,14)15/h4,6,8-9,16H,5,7H2,1-3H3. The predicted octanol–water partition coefficient (Wildman–Crippen LogP) is 3.25. The van der Waals surface area contributed by atoms with E-state index >= 15 is 0 Å². The molecular formula is C12H18F3NO2. The third kappa shape index (κ3) is 5.10. The molecule has 6 heteroatoms. The molecule has 1 aromatic heterocycles. The molecule has 18 heavy (non-hydrogen) atoms. The van der Waals surface area contributed by atoms with E-state index in [9.17, 15) is 13.2 Å². The van der Waals surface area contributed by atoms with Crippen molar-refractivity contribution < 1.29 is 22.3 Å². The Kier molecular flexibility index (Phi) is 5.22. The van der Waals surface area contributed by atoms with Gasteiger partial charge in [0.2, 0.25) is 0 Å². The van der Waals surface area contributed by atoms with Crippen LogP contribution in [-0.4, -0.2) is 18.3 Å². The zero-order chi connectivity index (χ0) is 13.8. The highest BCUT2D eigenvalue weighted by molar-refractivity contribution is 5.12. The molecule has 0 aromatic carbocycles. The lowest BCUT2D eigenvalue weighted by molar-refractivity contribution is -0.218. The van der Waals surface area contributed by atoms with Crippen molar-refractivity contribution in [3.05, 3.63) is 23.7 Å². The molecule has 1 aromatic rings. The maximum absolute atomic E-state index is 12.2. The number of hydrogen-bond donors (Lipinski definition) is 1. The average Bonchev–Trinajstić information content (AvgIpc) is 2.69. The van der Waals surface area contributed by atoms with Crippen LogP contribution in [0.2, 0.25) is 0 Å². The van der Waals surface area contributed by atoms with Crippen LogP contribution in [0.4, 0.5) is 13.2 Å². The van der Waals surface area contributed by atoms with Gasteiger partial charge in [0, 0.05) is 18.2 Å². The molecule has 104 valence electrons. The van der Waals surface area contributed by atoms with E-state index in [0.29, 0.717) is 18.3 Å². The van der Waals surface area contributed by atoms with Crippen LogP contribution in [0.1, 0.15) is 32.1 Å². The molecule has 1 heterocycles. The van der Waals surface area contributed by atoms with E-state index in [1.807, 2.05) is 13.8 Å². The van der Waals surface area contributed by atoms with Crippen molar-refractivity contribution in [3.63, 3.8) is 0 Å². The van der Waals surface area contributed by atoms with E-state index in [4.69, 9.17) is 9.15 Å². The van der Waals surface area contributed by atoms with E-state index in [2.05, 4.69) is 5.32 Å². The molecular weight excluding hydrogens is 247 g/mol. The molecule has 0 amide bonds. The van der Waals surface area contributed by atoms with Crippen LogP contribution < -0.4 is 5.32 Å². The second kappa shape index (κ2) is 6.24. The lowest BCUT2D eigenvalue weighted by atomic mass is 10.3. The predicted molar refractivity (Wildman–Crippen MR) is 61.0 cm³/mol. The second-order valence-electron chi connectivity index (χ2n) is 4.45. The summed E-state index contributed by atoms with van der Waals surface area (Å²) >= 11 is 0. The van der Waals surface area contributed by atoms with Gasteiger partial charge in [0.05, 0.1) is 6.26 Å². The van der Waals surface area contributed by atoms with Crippen LogP contribution in [0.5, 0.6) is 0 Å². The van der Waals surface area contributed by atoms with Crippen LogP contribution in [0.15, 0.2) is 16.7 Å². The van der Waals surface area contributed by atoms with Gasteiger partial charge in [-0.3, -0.25) is 0 Å². The summed E-state index contributed by atoms with van der Waals surface area (Å²) in [5, 5.41) is 3.18. The minimum absolute atomic E-state index is 0.178. The van der Waals surface area contributed by atoms with E-state index in [0.717, 1.165) is 12.5 Å². The van der Waals surface area contributed by atoms with Gasteiger partial charge in [-0.15, -0.1) is 0 Å². The summed E-state index contributed by atoms with van der Waals surface area (Å²) in [4.78, 5) is 0. The van der Waals surface area contributed by atoms with E-state index in [1.54, 1.807) is 6.07 Å². The van der Waals surface area contributed by atoms with Crippen LogP contribution in [0.3, 0.4) is 0 Å². The maximum atomic E-state index is 12.2. The smallest absolute Gasteiger partial charge is 0.414 e. The molecule has 0 aliphatic carbocycles. The van der Waals surface area contributed by atoms with Gasteiger partial charge in [0.15, 0.2) is 6.10 Å². The van der Waals surface area contributed by atoms with Crippen LogP contribution in [0, 0.1) is 0 Å². The molecule has 0 saturated heterocycles. The Morgan fingerprint density at radius 1 is 1.33 bits per heavy atom. The number of nitrogens with one attached hydrogen (secondary N) is 1. The first kappa shape index (κ1) is 15.0. The second-order valence-corrected chi connectivity index (χ2v) is 4.45. The van der Waals surface area contributed by atoms with Crippen LogP contribution >= 0.6 is 0 Å². The van der Waals surface area contributed by atoms with Crippen molar-refractivity contribution in [2.75, 3.05) is 0 Å². The minimum atomic E-state index is -4.34. The third-order valence-electron chi connectivity index (χ3n) is 2.36. The summed E-state index contributed by atoms with van der Waals surface area (Å²) in [6, 6.07) is 2.03. The van der Waals surface area contributed by atoms with Gasteiger partial charge >= 0.3 is 6.18 Å². The van der Waals surface area contributed by atoms with Gasteiger partial charge in [-0.1, -0.05) is 13.8 Å². The molecule has 0 spiro atoms. The Labute approximate surface area is 104 Å². The van der Waals surface area contributed by atoms with Gasteiger partial charge in [-0.05, 0) is 13.0 Å². The van der Waals surface area contributed by atoms with Crippen molar-refractivity contribution in [3.8, 4) is 0 Å². The van der Waals surface area contributed by atoms with Crippen molar-refractivity contribution in [1.82, 2.24) is 5.32 Å². The van der Waals surface area contributed by atoms with Crippen molar-refractivity contribution in [2.45, 2.75) is 52.2 Å². The van der Waals surface area contributed by atoms with Gasteiger partial charge < -0.3 is 14.5 Å². The molecule has 0 bridgehead atoms. The molecule has 0 aliphatic heterocycles. The van der Waals surface area contributed by atoms with Crippen LogP contribution in [0.25, 0.3) is 0 Å². The van der Waals surface area contributed by atoms with E-state index < -0.39 is 12.3 Å². The number of furan rings is 1. The van der Waals surface area contributed by atoms with E-state index in [1.165, 1.54) is 6.26 Å². The molecule has 1 rings (SSSR count). The van der Waals surface area contributed by atoms with Crippen LogP contribution in [-0.2, 0) is 17.9 Å². The highest BCUT2D eigenvalue weighted by Gasteiger charge is 2.36. The number of hydrogen-bond acceptors (Lipinski definition) is 3. The zero-order valence-corrected chi connectivity index (χ0v) is 10.7. The van der Waals surface area contributed by atoms with E-state index in [-0.39, 0.29) is 6.61 Å². The fourth-order valence-electron chi connectivity index (χ4n) is 1.22. The molecule has 0 aliphatic rings. The molecule has 0 fully saturated rings. The molecule has 1 N–H and O–H groups in total. The van der Waals surface area contributed by atoms with Gasteiger partial charge in [0.1, 0.15) is 12.4 Å². The fraction of sp³-hybridized carbons (Fsp3) is 0.667. The highest BCUT2D eigenvalue weighted by atomic mass is 19.4. The topological polar surface area (TPSA) is 34.4 Å². The first-order valence-corrected chi connectivity index (χ1v) is 5.77. The Hall–Kier alpha value is -1.01. The number of alkyl halides is 3. The SMILES string of the molecule is CC(C)NCc1coc(COC(C)C(F)(F)F)c1. The molecule has 0 saturated carbocycles. The zero-order valence-electron chi connectivity index (χ0n) is 10.7. The minimum Gasteiger partial charge on any atom is -0.467 e. The quantitative estimate of drug-likeness (QED) is 0.857. The number of halogens is 3. The number of ether oxygens (including phenoxy) is 1. The van der Waals surface area contributed by atoms with Gasteiger partial charge in [-0.25, -0.2) is 0 Å². The largest absolute Gasteiger partial charge is 0.467 e. The lowest BCUT2D eigenvalue weighted by Crippen LogP contribution is -2.28. The highest BCUT2D eigenvalue weighted by Crippen LogP contribution is 2.23. The van der Waals surface area contributed by atoms with Crippen molar-refractivity contribution in [1.29, 1.82) is 0 Å². The Morgan fingerprint density at radius 3 is 2.56 bits per heavy atom. The van der Waals surface area contributed by atoms with Crippen molar-refractivity contribution >= 4 is 0 Å². The molecule has 3 nitrogen and oxygen atoms in total. The summed E-state index contributed by atoms with van der Waals surface area (Å²) < 4.78 is 46.4. The first-order chi connectivity index (χ1) is 8.29. The summed E-state index contributed by atoms with van der Waals surface area (Å²) in [6.45, 7) is 5.44. The number of rotatable bonds is 6. The monoisotopic (exact) mass is 265 g/mol. The Morgan fingerprint density at radius 2 is 2.00 bits per heavy atom. The average molecular weight is 265 g/mol. The molecule has 1 atom stereocenters. The summed E-state index contributed by atoms with van der Waals surface area (Å²) in [6.07, 6.45) is -4.61. The summed E-state index contributed by atoms with van der Waals surface area (Å²) in [7, 11) is 0. The lowest BCUT2D eigenvalue weighted by Gasteiger charge is -2.15. The summed E-state index contributed by atoms with van der Waals surface area (Å²) in [5.41, 5.74) is 0.891. The van der Waals surface area contributed by atoms with Gasteiger partial charge in [0.25, 0.3) is 0 Å². The first-order valence-electron chi connectivity index (χ1n) is 5.77. The Balaban J connectivity index is 2.40. The normalized spacial score (nSPS) is 14.2. The fourth-order valence-corrected chi connectivity index (χ4v) is 1.22. The van der Waals surface area contributed by atoms with Crippen molar-refractivity contribution in [2.24, 2.45) is 0 Å². The molecule has 0 radical (unpaired) electrons. The Bertz CT molecular complexity index is 360. The summed E-state index contributed by atoms with van der Waals surface area (Å²) in [5.74, 6) is 0.395. The molecule has 1 unspecified atom stereocenters. The van der Waals surface area contributed by atoms with Gasteiger partial charge in [-0.2, -0.15) is 13.2 Å².